The number of aryl methyl sites for hydroxylation is 1. The number of tetrazole rings is 1. The summed E-state index contributed by atoms with van der Waals surface area (Å²) in [6.07, 6.45) is 6.97. The standard InChI is InChI=1S/C26H29N7O3/c1-3-4-7-18-15-33(23-16(2)12-21(23)25(34)35)26(36)32(18)14-17-10-11-22(27-13-17)19-8-5-6-9-20(19)24-28-30-31-29-24/h5-6,8-11,13,15-16,21,23H,3-4,7,12,14H2,1-2H3,(H,34,35)(H,28,29,30,31). The van der Waals surface area contributed by atoms with Crippen LogP contribution in [0.2, 0.25) is 0 Å². The lowest BCUT2D eigenvalue weighted by Crippen LogP contribution is -2.45. The lowest BCUT2D eigenvalue weighted by atomic mass is 9.70. The minimum Gasteiger partial charge on any atom is -0.481 e. The van der Waals surface area contributed by atoms with E-state index in [1.165, 1.54) is 0 Å². The molecule has 36 heavy (non-hydrogen) atoms. The average Bonchev–Trinajstić information content (AvgIpc) is 3.51. The molecule has 1 aliphatic rings. The van der Waals surface area contributed by atoms with Gasteiger partial charge < -0.3 is 5.11 Å². The first-order valence-electron chi connectivity index (χ1n) is 12.3. The number of benzene rings is 1. The van der Waals surface area contributed by atoms with Crippen LogP contribution in [0.1, 0.15) is 50.4 Å². The number of imidazole rings is 1. The minimum atomic E-state index is -0.839. The molecule has 1 aromatic carbocycles. The number of rotatable bonds is 9. The van der Waals surface area contributed by atoms with Crippen LogP contribution >= 0.6 is 0 Å². The maximum atomic E-state index is 13.5. The molecule has 3 atom stereocenters. The highest BCUT2D eigenvalue weighted by Gasteiger charge is 2.45. The third kappa shape index (κ3) is 4.34. The maximum absolute atomic E-state index is 13.5. The fourth-order valence-corrected chi connectivity index (χ4v) is 5.12. The Hall–Kier alpha value is -4.08. The van der Waals surface area contributed by atoms with Crippen LogP contribution in [-0.2, 0) is 17.8 Å². The minimum absolute atomic E-state index is 0.152. The molecule has 1 saturated carbocycles. The van der Waals surface area contributed by atoms with Crippen LogP contribution in [0.5, 0.6) is 0 Å². The molecule has 186 valence electrons. The second-order valence-corrected chi connectivity index (χ2v) is 9.48. The highest BCUT2D eigenvalue weighted by Crippen LogP contribution is 2.43. The molecule has 3 aromatic heterocycles. The molecule has 0 saturated heterocycles. The fraction of sp³-hybridized carbons (Fsp3) is 0.385. The van der Waals surface area contributed by atoms with E-state index in [0.29, 0.717) is 18.8 Å². The van der Waals surface area contributed by atoms with Crippen LogP contribution < -0.4 is 5.69 Å². The van der Waals surface area contributed by atoms with Crippen molar-refractivity contribution in [2.75, 3.05) is 0 Å². The van der Waals surface area contributed by atoms with E-state index in [1.807, 2.05) is 49.5 Å². The summed E-state index contributed by atoms with van der Waals surface area (Å²) in [4.78, 5) is 29.8. The zero-order valence-electron chi connectivity index (χ0n) is 20.3. The molecule has 1 aliphatic carbocycles. The molecule has 0 bridgehead atoms. The number of aliphatic carboxylic acids is 1. The number of aromatic nitrogens is 7. The third-order valence-corrected chi connectivity index (χ3v) is 7.09. The lowest BCUT2D eigenvalue weighted by Gasteiger charge is -2.40. The van der Waals surface area contributed by atoms with Crippen molar-refractivity contribution in [2.24, 2.45) is 11.8 Å². The Morgan fingerprint density at radius 1 is 1.19 bits per heavy atom. The van der Waals surface area contributed by atoms with Crippen molar-refractivity contribution in [3.05, 3.63) is 70.5 Å². The Bertz CT molecular complexity index is 1410. The van der Waals surface area contributed by atoms with Crippen molar-refractivity contribution in [1.29, 1.82) is 0 Å². The molecule has 10 nitrogen and oxygen atoms in total. The van der Waals surface area contributed by atoms with Gasteiger partial charge in [0.1, 0.15) is 0 Å². The highest BCUT2D eigenvalue weighted by molar-refractivity contribution is 5.78. The van der Waals surface area contributed by atoms with E-state index >= 15 is 0 Å². The molecule has 0 spiro atoms. The topological polar surface area (TPSA) is 132 Å². The van der Waals surface area contributed by atoms with Gasteiger partial charge in [-0.15, -0.1) is 10.2 Å². The predicted octanol–water partition coefficient (Wildman–Crippen LogP) is 3.56. The number of hydrogen-bond acceptors (Lipinski definition) is 6. The van der Waals surface area contributed by atoms with E-state index in [9.17, 15) is 14.7 Å². The van der Waals surface area contributed by atoms with E-state index in [1.54, 1.807) is 15.3 Å². The number of nitrogens with one attached hydrogen (secondary N) is 1. The van der Waals surface area contributed by atoms with Gasteiger partial charge in [-0.2, -0.15) is 5.21 Å². The molecular formula is C26H29N7O3. The van der Waals surface area contributed by atoms with Gasteiger partial charge in [0.15, 0.2) is 0 Å². The molecule has 0 aliphatic heterocycles. The molecule has 3 heterocycles. The molecule has 3 unspecified atom stereocenters. The maximum Gasteiger partial charge on any atom is 0.328 e. The van der Waals surface area contributed by atoms with Gasteiger partial charge in [0.2, 0.25) is 5.82 Å². The van der Waals surface area contributed by atoms with Gasteiger partial charge in [0, 0.05) is 29.2 Å². The number of unbranched alkanes of at least 4 members (excludes halogenated alkanes) is 1. The van der Waals surface area contributed by atoms with Crippen LogP contribution in [0, 0.1) is 11.8 Å². The zero-order valence-corrected chi connectivity index (χ0v) is 20.3. The largest absolute Gasteiger partial charge is 0.481 e. The monoisotopic (exact) mass is 487 g/mol. The Labute approximate surface area is 208 Å². The molecule has 0 amide bonds. The quantitative estimate of drug-likeness (QED) is 0.369. The van der Waals surface area contributed by atoms with Crippen LogP contribution in [0.25, 0.3) is 22.6 Å². The van der Waals surface area contributed by atoms with Gasteiger partial charge in [0.05, 0.1) is 24.2 Å². The number of carboxylic acids is 1. The summed E-state index contributed by atoms with van der Waals surface area (Å²) in [6, 6.07) is 11.3. The Kier molecular flexibility index (Phi) is 6.49. The van der Waals surface area contributed by atoms with E-state index in [2.05, 4.69) is 32.5 Å². The molecule has 0 radical (unpaired) electrons. The summed E-state index contributed by atoms with van der Waals surface area (Å²) in [5.74, 6) is -0.713. The first-order chi connectivity index (χ1) is 17.5. The lowest BCUT2D eigenvalue weighted by molar-refractivity contribution is -0.149. The first kappa shape index (κ1) is 23.7. The predicted molar refractivity (Wildman–Crippen MR) is 133 cm³/mol. The second-order valence-electron chi connectivity index (χ2n) is 9.48. The summed E-state index contributed by atoms with van der Waals surface area (Å²) >= 11 is 0. The van der Waals surface area contributed by atoms with Crippen molar-refractivity contribution in [1.82, 2.24) is 34.7 Å². The van der Waals surface area contributed by atoms with Crippen molar-refractivity contribution in [3.8, 4) is 22.6 Å². The smallest absolute Gasteiger partial charge is 0.328 e. The SMILES string of the molecule is CCCCc1cn(C2C(C)CC2C(=O)O)c(=O)n1Cc1ccc(-c2ccccc2-c2nn[nH]n2)nc1. The van der Waals surface area contributed by atoms with E-state index in [0.717, 1.165) is 47.3 Å². The molecule has 2 N–H and O–H groups in total. The van der Waals surface area contributed by atoms with Crippen molar-refractivity contribution in [3.63, 3.8) is 0 Å². The summed E-state index contributed by atoms with van der Waals surface area (Å²) in [7, 11) is 0. The molecular weight excluding hydrogens is 458 g/mol. The zero-order chi connectivity index (χ0) is 25.2. The van der Waals surface area contributed by atoms with Gasteiger partial charge in [-0.05, 0) is 42.0 Å². The summed E-state index contributed by atoms with van der Waals surface area (Å²) in [5.41, 5.74) is 4.14. The van der Waals surface area contributed by atoms with Gasteiger partial charge in [0.25, 0.3) is 0 Å². The average molecular weight is 488 g/mol. The first-order valence-corrected chi connectivity index (χ1v) is 12.3. The van der Waals surface area contributed by atoms with Crippen molar-refractivity contribution < 1.29 is 9.90 Å². The Balaban J connectivity index is 1.44. The third-order valence-electron chi connectivity index (χ3n) is 7.09. The Morgan fingerprint density at radius 3 is 2.64 bits per heavy atom. The van der Waals surface area contributed by atoms with Crippen LogP contribution in [0.4, 0.5) is 0 Å². The molecule has 4 aromatic rings. The number of hydrogen-bond donors (Lipinski definition) is 2. The number of aromatic amines is 1. The number of carboxylic acid groups (broad SMARTS) is 1. The summed E-state index contributed by atoms with van der Waals surface area (Å²) in [5, 5.41) is 23.9. The number of H-pyrrole nitrogens is 1. The van der Waals surface area contributed by atoms with E-state index in [-0.39, 0.29) is 17.6 Å². The number of nitrogens with zero attached hydrogens (tertiary/aromatic N) is 6. The van der Waals surface area contributed by atoms with Gasteiger partial charge in [-0.3, -0.25) is 18.9 Å². The fourth-order valence-electron chi connectivity index (χ4n) is 5.12. The summed E-state index contributed by atoms with van der Waals surface area (Å²) < 4.78 is 3.42. The second kappa shape index (κ2) is 9.88. The molecule has 10 heteroatoms. The van der Waals surface area contributed by atoms with Crippen molar-refractivity contribution >= 4 is 5.97 Å². The summed E-state index contributed by atoms with van der Waals surface area (Å²) in [6.45, 7) is 4.50. The molecule has 1 fully saturated rings. The van der Waals surface area contributed by atoms with E-state index < -0.39 is 11.9 Å². The van der Waals surface area contributed by atoms with Gasteiger partial charge >= 0.3 is 11.7 Å². The van der Waals surface area contributed by atoms with Gasteiger partial charge in [-0.25, -0.2) is 4.79 Å². The van der Waals surface area contributed by atoms with Crippen LogP contribution in [-0.4, -0.2) is 45.8 Å². The highest BCUT2D eigenvalue weighted by atomic mass is 16.4. The number of carbonyl (C=O) groups is 1. The van der Waals surface area contributed by atoms with Gasteiger partial charge in [-0.1, -0.05) is 50.6 Å². The normalized spacial score (nSPS) is 19.2. The molecule has 5 rings (SSSR count). The van der Waals surface area contributed by atoms with Crippen molar-refractivity contribution in [2.45, 2.75) is 52.1 Å². The van der Waals surface area contributed by atoms with E-state index in [4.69, 9.17) is 0 Å². The van der Waals surface area contributed by atoms with Crippen LogP contribution in [0.3, 0.4) is 0 Å². The number of pyridine rings is 1. The van der Waals surface area contributed by atoms with Crippen LogP contribution in [0.15, 0.2) is 53.6 Å². The Morgan fingerprint density at radius 2 is 2.00 bits per heavy atom.